The fraction of sp³-hybridized carbons (Fsp3) is 0.300. The van der Waals surface area contributed by atoms with E-state index in [-0.39, 0.29) is 11.3 Å². The van der Waals surface area contributed by atoms with E-state index in [4.69, 9.17) is 5.73 Å². The number of halogens is 2. The lowest BCUT2D eigenvalue weighted by Gasteiger charge is -2.31. The highest BCUT2D eigenvalue weighted by Crippen LogP contribution is 2.22. The molecule has 3 nitrogen and oxygen atoms in total. The molecule has 5 heteroatoms. The van der Waals surface area contributed by atoms with Gasteiger partial charge in [-0.05, 0) is 12.5 Å². The molecule has 0 atom stereocenters. The summed E-state index contributed by atoms with van der Waals surface area (Å²) in [5, 5.41) is 0. The van der Waals surface area contributed by atoms with Crippen LogP contribution in [0.4, 0.5) is 14.5 Å². The fourth-order valence-corrected chi connectivity index (χ4v) is 1.50. The number of rotatable bonds is 1. The van der Waals surface area contributed by atoms with Crippen LogP contribution < -0.4 is 5.73 Å². The Balaban J connectivity index is 2.38. The Bertz CT molecular complexity index is 393. The van der Waals surface area contributed by atoms with E-state index in [1.165, 1.54) is 4.90 Å². The van der Waals surface area contributed by atoms with E-state index < -0.39 is 17.5 Å². The standard InChI is InChI=1S/C10H10F2N2O/c11-6-4-7(12)9(8(13)5-6)10(15)14-2-1-3-14/h4-5H,1-3,13H2. The number of nitrogens with zero attached hydrogens (tertiary/aromatic N) is 1. The lowest BCUT2D eigenvalue weighted by atomic mass is 10.1. The van der Waals surface area contributed by atoms with Crippen molar-refractivity contribution in [3.05, 3.63) is 29.3 Å². The van der Waals surface area contributed by atoms with E-state index in [9.17, 15) is 13.6 Å². The Labute approximate surface area is 85.5 Å². The summed E-state index contributed by atoms with van der Waals surface area (Å²) >= 11 is 0. The average Bonchev–Trinajstić information content (AvgIpc) is 1.97. The molecular formula is C10H10F2N2O. The number of nitrogens with two attached hydrogens (primary N) is 1. The topological polar surface area (TPSA) is 46.3 Å². The molecule has 1 saturated heterocycles. The zero-order valence-corrected chi connectivity index (χ0v) is 7.96. The van der Waals surface area contributed by atoms with Crippen molar-refractivity contribution in [3.63, 3.8) is 0 Å². The first kappa shape index (κ1) is 9.89. The first-order valence-electron chi connectivity index (χ1n) is 4.63. The van der Waals surface area contributed by atoms with Gasteiger partial charge in [-0.15, -0.1) is 0 Å². The van der Waals surface area contributed by atoms with Gasteiger partial charge >= 0.3 is 0 Å². The van der Waals surface area contributed by atoms with Gasteiger partial charge in [0, 0.05) is 19.2 Å². The number of nitrogen functional groups attached to an aromatic ring is 1. The predicted molar refractivity (Wildman–Crippen MR) is 51.3 cm³/mol. The van der Waals surface area contributed by atoms with Crippen LogP contribution >= 0.6 is 0 Å². The van der Waals surface area contributed by atoms with E-state index in [0.29, 0.717) is 19.2 Å². The molecule has 1 aliphatic heterocycles. The molecule has 0 radical (unpaired) electrons. The van der Waals surface area contributed by atoms with Crippen LogP contribution in [0.2, 0.25) is 0 Å². The molecule has 0 aliphatic carbocycles. The number of hydrogen-bond acceptors (Lipinski definition) is 2. The first-order valence-corrected chi connectivity index (χ1v) is 4.63. The molecule has 2 rings (SSSR count). The highest BCUT2D eigenvalue weighted by atomic mass is 19.1. The third kappa shape index (κ3) is 1.65. The normalized spacial score (nSPS) is 14.9. The molecule has 2 N–H and O–H groups in total. The van der Waals surface area contributed by atoms with Gasteiger partial charge < -0.3 is 10.6 Å². The third-order valence-corrected chi connectivity index (χ3v) is 2.44. The molecule has 1 aliphatic rings. The van der Waals surface area contributed by atoms with E-state index in [1.807, 2.05) is 0 Å². The van der Waals surface area contributed by atoms with E-state index in [2.05, 4.69) is 0 Å². The maximum Gasteiger partial charge on any atom is 0.258 e. The highest BCUT2D eigenvalue weighted by molar-refractivity contribution is 5.99. The lowest BCUT2D eigenvalue weighted by Crippen LogP contribution is -2.42. The van der Waals surface area contributed by atoms with Crippen LogP contribution in [0.25, 0.3) is 0 Å². The van der Waals surface area contributed by atoms with Crippen molar-refractivity contribution >= 4 is 11.6 Å². The van der Waals surface area contributed by atoms with Crippen LogP contribution in [0.1, 0.15) is 16.8 Å². The second-order valence-electron chi connectivity index (χ2n) is 3.50. The summed E-state index contributed by atoms with van der Waals surface area (Å²) < 4.78 is 26.0. The number of amides is 1. The van der Waals surface area contributed by atoms with Gasteiger partial charge in [-0.25, -0.2) is 8.78 Å². The molecule has 0 aromatic heterocycles. The molecule has 0 unspecified atom stereocenters. The van der Waals surface area contributed by atoms with Gasteiger partial charge in [0.2, 0.25) is 0 Å². The number of likely N-dealkylation sites (tertiary alicyclic amines) is 1. The number of benzene rings is 1. The van der Waals surface area contributed by atoms with E-state index >= 15 is 0 Å². The van der Waals surface area contributed by atoms with Crippen molar-refractivity contribution < 1.29 is 13.6 Å². The monoisotopic (exact) mass is 212 g/mol. The van der Waals surface area contributed by atoms with Crippen molar-refractivity contribution in [3.8, 4) is 0 Å². The zero-order chi connectivity index (χ0) is 11.0. The summed E-state index contributed by atoms with van der Waals surface area (Å²) in [5.41, 5.74) is 5.04. The maximum atomic E-state index is 13.3. The van der Waals surface area contributed by atoms with E-state index in [0.717, 1.165) is 12.5 Å². The lowest BCUT2D eigenvalue weighted by molar-refractivity contribution is 0.0648. The number of carbonyl (C=O) groups is 1. The van der Waals surface area contributed by atoms with Gasteiger partial charge in [0.15, 0.2) is 0 Å². The van der Waals surface area contributed by atoms with Gasteiger partial charge in [-0.2, -0.15) is 0 Å². The van der Waals surface area contributed by atoms with Crippen molar-refractivity contribution in [2.24, 2.45) is 0 Å². The van der Waals surface area contributed by atoms with Crippen LogP contribution in [0.3, 0.4) is 0 Å². The number of anilines is 1. The number of carbonyl (C=O) groups excluding carboxylic acids is 1. The molecule has 15 heavy (non-hydrogen) atoms. The van der Waals surface area contributed by atoms with Gasteiger partial charge in [0.1, 0.15) is 11.6 Å². The molecule has 1 aromatic rings. The molecular weight excluding hydrogens is 202 g/mol. The summed E-state index contributed by atoms with van der Waals surface area (Å²) in [6.07, 6.45) is 0.911. The van der Waals surface area contributed by atoms with Crippen molar-refractivity contribution in [1.29, 1.82) is 0 Å². The molecule has 0 saturated carbocycles. The average molecular weight is 212 g/mol. The summed E-state index contributed by atoms with van der Waals surface area (Å²) in [4.78, 5) is 13.1. The molecule has 1 fully saturated rings. The summed E-state index contributed by atoms with van der Waals surface area (Å²) in [5.74, 6) is -2.13. The van der Waals surface area contributed by atoms with Crippen molar-refractivity contribution in [1.82, 2.24) is 4.90 Å². The second kappa shape index (κ2) is 3.49. The van der Waals surface area contributed by atoms with E-state index in [1.54, 1.807) is 0 Å². The van der Waals surface area contributed by atoms with Crippen LogP contribution in [0, 0.1) is 11.6 Å². The summed E-state index contributed by atoms with van der Waals surface area (Å²) in [6.45, 7) is 1.21. The Hall–Kier alpha value is -1.65. The number of hydrogen-bond donors (Lipinski definition) is 1. The van der Waals surface area contributed by atoms with Crippen LogP contribution in [-0.4, -0.2) is 23.9 Å². The first-order chi connectivity index (χ1) is 7.09. The Morgan fingerprint density at radius 3 is 2.47 bits per heavy atom. The smallest absolute Gasteiger partial charge is 0.258 e. The molecule has 1 aromatic carbocycles. The largest absolute Gasteiger partial charge is 0.398 e. The van der Waals surface area contributed by atoms with Crippen molar-refractivity contribution in [2.45, 2.75) is 6.42 Å². The quantitative estimate of drug-likeness (QED) is 0.715. The second-order valence-corrected chi connectivity index (χ2v) is 3.50. The Morgan fingerprint density at radius 1 is 1.33 bits per heavy atom. The Morgan fingerprint density at radius 2 is 2.00 bits per heavy atom. The summed E-state index contributed by atoms with van der Waals surface area (Å²) in [6, 6.07) is 1.62. The van der Waals surface area contributed by atoms with Crippen LogP contribution in [0.5, 0.6) is 0 Å². The highest BCUT2D eigenvalue weighted by Gasteiger charge is 2.26. The fourth-order valence-electron chi connectivity index (χ4n) is 1.50. The SMILES string of the molecule is Nc1cc(F)cc(F)c1C(=O)N1CCC1. The molecule has 0 bridgehead atoms. The van der Waals surface area contributed by atoms with Gasteiger partial charge in [-0.1, -0.05) is 0 Å². The molecule has 1 amide bonds. The van der Waals surface area contributed by atoms with Gasteiger partial charge in [0.25, 0.3) is 5.91 Å². The predicted octanol–water partition coefficient (Wildman–Crippen LogP) is 1.39. The zero-order valence-electron chi connectivity index (χ0n) is 7.96. The maximum absolute atomic E-state index is 13.3. The Kier molecular flexibility index (Phi) is 2.30. The van der Waals surface area contributed by atoms with Crippen LogP contribution in [-0.2, 0) is 0 Å². The minimum atomic E-state index is -0.899. The molecule has 80 valence electrons. The van der Waals surface area contributed by atoms with Crippen molar-refractivity contribution in [2.75, 3.05) is 18.8 Å². The minimum absolute atomic E-state index is 0.149. The molecule has 0 spiro atoms. The molecule has 1 heterocycles. The van der Waals surface area contributed by atoms with Gasteiger partial charge in [0.05, 0.1) is 11.3 Å². The van der Waals surface area contributed by atoms with Gasteiger partial charge in [-0.3, -0.25) is 4.79 Å². The third-order valence-electron chi connectivity index (χ3n) is 2.44. The van der Waals surface area contributed by atoms with Crippen LogP contribution in [0.15, 0.2) is 12.1 Å². The minimum Gasteiger partial charge on any atom is -0.398 e. The summed E-state index contributed by atoms with van der Waals surface area (Å²) in [7, 11) is 0.